The molecule has 3 amide bonds. The number of nitrogens with one attached hydrogen (secondary N) is 3. The van der Waals surface area contributed by atoms with E-state index in [4.69, 9.17) is 0 Å². The Labute approximate surface area is 199 Å². The third-order valence-electron chi connectivity index (χ3n) is 4.83. The summed E-state index contributed by atoms with van der Waals surface area (Å²) in [6.45, 7) is 5.24. The number of anilines is 1. The second-order valence-electron chi connectivity index (χ2n) is 8.09. The number of carbonyl (C=O) groups excluding carboxylic acids is 2. The van der Waals surface area contributed by atoms with Gasteiger partial charge in [-0.15, -0.1) is 0 Å². The molecule has 0 spiro atoms. The van der Waals surface area contributed by atoms with Crippen molar-refractivity contribution >= 4 is 17.6 Å². The van der Waals surface area contributed by atoms with E-state index in [0.29, 0.717) is 11.3 Å². The number of halogens is 3. The van der Waals surface area contributed by atoms with Gasteiger partial charge in [0, 0.05) is 30.0 Å². The van der Waals surface area contributed by atoms with Crippen LogP contribution < -0.4 is 21.4 Å². The molecular formula is C24H24F3N5O3. The molecule has 3 N–H and O–H groups in total. The summed E-state index contributed by atoms with van der Waals surface area (Å²) in [6.07, 6.45) is -4.55. The molecule has 8 nitrogen and oxygen atoms in total. The minimum absolute atomic E-state index is 0.0157. The Morgan fingerprint density at radius 2 is 1.74 bits per heavy atom. The zero-order valence-electron chi connectivity index (χ0n) is 19.2. The summed E-state index contributed by atoms with van der Waals surface area (Å²) in [5.41, 5.74) is -0.386. The molecule has 0 aliphatic carbocycles. The largest absolute Gasteiger partial charge is 0.416 e. The van der Waals surface area contributed by atoms with Gasteiger partial charge in [0.15, 0.2) is 5.69 Å². The molecule has 3 aromatic rings. The van der Waals surface area contributed by atoms with E-state index >= 15 is 0 Å². The average Bonchev–Trinajstić information content (AvgIpc) is 2.77. The topological polar surface area (TPSA) is 105 Å². The Morgan fingerprint density at radius 3 is 2.37 bits per heavy atom. The molecule has 35 heavy (non-hydrogen) atoms. The molecule has 11 heteroatoms. The lowest BCUT2D eigenvalue weighted by molar-refractivity contribution is -0.137. The monoisotopic (exact) mass is 487 g/mol. The summed E-state index contributed by atoms with van der Waals surface area (Å²) in [6, 6.07) is 11.9. The second kappa shape index (κ2) is 10.4. The molecule has 2 aromatic carbocycles. The number of benzene rings is 2. The number of aromatic nitrogens is 2. The van der Waals surface area contributed by atoms with Gasteiger partial charge in [0.25, 0.3) is 5.91 Å². The molecule has 0 bridgehead atoms. The highest BCUT2D eigenvalue weighted by atomic mass is 19.4. The van der Waals surface area contributed by atoms with Gasteiger partial charge in [-0.25, -0.2) is 9.48 Å². The van der Waals surface area contributed by atoms with E-state index in [-0.39, 0.29) is 30.0 Å². The number of rotatable bonds is 6. The van der Waals surface area contributed by atoms with E-state index in [0.717, 1.165) is 22.9 Å². The molecule has 0 saturated heterocycles. The van der Waals surface area contributed by atoms with Crippen molar-refractivity contribution in [3.63, 3.8) is 0 Å². The zero-order valence-corrected chi connectivity index (χ0v) is 19.2. The van der Waals surface area contributed by atoms with Crippen LogP contribution in [0, 0.1) is 6.92 Å². The fraction of sp³-hybridized carbons (Fsp3) is 0.250. The van der Waals surface area contributed by atoms with E-state index in [9.17, 15) is 27.6 Å². The van der Waals surface area contributed by atoms with Crippen LogP contribution in [-0.2, 0) is 12.7 Å². The minimum atomic E-state index is -4.55. The van der Waals surface area contributed by atoms with Crippen LogP contribution >= 0.6 is 0 Å². The van der Waals surface area contributed by atoms with Gasteiger partial charge >= 0.3 is 12.2 Å². The summed E-state index contributed by atoms with van der Waals surface area (Å²) >= 11 is 0. The van der Waals surface area contributed by atoms with Crippen LogP contribution in [0.25, 0.3) is 5.69 Å². The Kier molecular flexibility index (Phi) is 7.58. The first kappa shape index (κ1) is 25.5. The van der Waals surface area contributed by atoms with Crippen molar-refractivity contribution in [3.05, 3.63) is 87.3 Å². The van der Waals surface area contributed by atoms with Crippen LogP contribution in [0.1, 0.15) is 41.2 Å². The van der Waals surface area contributed by atoms with Crippen LogP contribution in [-0.4, -0.2) is 27.8 Å². The first-order valence-electron chi connectivity index (χ1n) is 10.7. The summed E-state index contributed by atoms with van der Waals surface area (Å²) < 4.78 is 40.4. The number of amides is 3. The number of hydrogen-bond donors (Lipinski definition) is 3. The standard InChI is InChI=1S/C24H24F3N5O3/c1-14(2)29-23(35)30-18-9-7-16(8-10-18)13-28-22(34)21-20(33)11-15(3)32(31-21)19-6-4-5-17(12-19)24(25,26)27/h4-12,14H,13H2,1-3H3,(H,28,34)(H2,29,30,35). The van der Waals surface area contributed by atoms with Crippen LogP contribution in [0.4, 0.5) is 23.7 Å². The fourth-order valence-electron chi connectivity index (χ4n) is 3.18. The molecule has 0 atom stereocenters. The maximum absolute atomic E-state index is 13.1. The van der Waals surface area contributed by atoms with Crippen LogP contribution in [0.5, 0.6) is 0 Å². The Hall–Kier alpha value is -4.15. The molecule has 0 saturated carbocycles. The smallest absolute Gasteiger partial charge is 0.346 e. The molecule has 0 aliphatic rings. The molecule has 3 rings (SSSR count). The van der Waals surface area contributed by atoms with E-state index in [1.165, 1.54) is 19.1 Å². The number of carbonyl (C=O) groups is 2. The summed E-state index contributed by atoms with van der Waals surface area (Å²) in [4.78, 5) is 36.8. The van der Waals surface area contributed by atoms with Crippen molar-refractivity contribution in [1.82, 2.24) is 20.4 Å². The van der Waals surface area contributed by atoms with Crippen LogP contribution in [0.2, 0.25) is 0 Å². The molecule has 0 fully saturated rings. The van der Waals surface area contributed by atoms with Crippen molar-refractivity contribution in [1.29, 1.82) is 0 Å². The van der Waals surface area contributed by atoms with Gasteiger partial charge in [-0.3, -0.25) is 9.59 Å². The SMILES string of the molecule is Cc1cc(=O)c(C(=O)NCc2ccc(NC(=O)NC(C)C)cc2)nn1-c1cccc(C(F)(F)F)c1. The molecule has 0 radical (unpaired) electrons. The summed E-state index contributed by atoms with van der Waals surface area (Å²) in [5.74, 6) is -0.769. The molecule has 0 unspecified atom stereocenters. The Bertz CT molecular complexity index is 1280. The highest BCUT2D eigenvalue weighted by Gasteiger charge is 2.30. The third-order valence-corrected chi connectivity index (χ3v) is 4.83. The van der Waals surface area contributed by atoms with Crippen molar-refractivity contribution in [2.24, 2.45) is 0 Å². The maximum atomic E-state index is 13.1. The van der Waals surface area contributed by atoms with E-state index in [2.05, 4.69) is 21.0 Å². The number of nitrogens with zero attached hydrogens (tertiary/aromatic N) is 2. The van der Waals surface area contributed by atoms with Gasteiger partial charge in [0.05, 0.1) is 11.3 Å². The van der Waals surface area contributed by atoms with Gasteiger partial charge in [-0.05, 0) is 56.7 Å². The molecule has 184 valence electrons. The lowest BCUT2D eigenvalue weighted by Crippen LogP contribution is -2.34. The number of aryl methyl sites for hydroxylation is 1. The van der Waals surface area contributed by atoms with Crippen LogP contribution in [0.15, 0.2) is 59.4 Å². The number of urea groups is 1. The van der Waals surface area contributed by atoms with Crippen molar-refractivity contribution in [3.8, 4) is 5.69 Å². The first-order chi connectivity index (χ1) is 16.4. The van der Waals surface area contributed by atoms with Crippen LogP contribution in [0.3, 0.4) is 0 Å². The Balaban J connectivity index is 1.74. The average molecular weight is 487 g/mol. The van der Waals surface area contributed by atoms with E-state index in [1.807, 2.05) is 13.8 Å². The summed E-state index contributed by atoms with van der Waals surface area (Å²) in [5, 5.41) is 12.0. The van der Waals surface area contributed by atoms with Crippen molar-refractivity contribution in [2.45, 2.75) is 39.5 Å². The molecule has 0 aliphatic heterocycles. The number of alkyl halides is 3. The van der Waals surface area contributed by atoms with E-state index in [1.54, 1.807) is 24.3 Å². The van der Waals surface area contributed by atoms with Gasteiger partial charge < -0.3 is 16.0 Å². The Morgan fingerprint density at radius 1 is 1.06 bits per heavy atom. The predicted molar refractivity (Wildman–Crippen MR) is 124 cm³/mol. The molecular weight excluding hydrogens is 463 g/mol. The van der Waals surface area contributed by atoms with Crippen molar-refractivity contribution < 1.29 is 22.8 Å². The van der Waals surface area contributed by atoms with Gasteiger partial charge in [-0.2, -0.15) is 18.3 Å². The predicted octanol–water partition coefficient (Wildman–Crippen LogP) is 4.02. The molecule has 1 heterocycles. The lowest BCUT2D eigenvalue weighted by Gasteiger charge is -2.14. The van der Waals surface area contributed by atoms with Gasteiger partial charge in [0.1, 0.15) is 0 Å². The van der Waals surface area contributed by atoms with E-state index < -0.39 is 28.8 Å². The minimum Gasteiger partial charge on any atom is -0.346 e. The lowest BCUT2D eigenvalue weighted by atomic mass is 10.2. The highest BCUT2D eigenvalue weighted by Crippen LogP contribution is 2.30. The number of hydrogen-bond acceptors (Lipinski definition) is 4. The third kappa shape index (κ3) is 6.69. The van der Waals surface area contributed by atoms with Gasteiger partial charge in [-0.1, -0.05) is 18.2 Å². The zero-order chi connectivity index (χ0) is 25.8. The maximum Gasteiger partial charge on any atom is 0.416 e. The first-order valence-corrected chi connectivity index (χ1v) is 10.7. The van der Waals surface area contributed by atoms with Crippen molar-refractivity contribution in [2.75, 3.05) is 5.32 Å². The highest BCUT2D eigenvalue weighted by molar-refractivity contribution is 5.92. The molecule has 1 aromatic heterocycles. The van der Waals surface area contributed by atoms with Gasteiger partial charge in [0.2, 0.25) is 5.43 Å². The summed E-state index contributed by atoms with van der Waals surface area (Å²) in [7, 11) is 0. The normalized spacial score (nSPS) is 11.3. The second-order valence-corrected chi connectivity index (χ2v) is 8.09. The fourth-order valence-corrected chi connectivity index (χ4v) is 3.18. The quantitative estimate of drug-likeness (QED) is 0.489.